The fourth-order valence-corrected chi connectivity index (χ4v) is 4.11. The summed E-state index contributed by atoms with van der Waals surface area (Å²) in [4.78, 5) is 4.49. The number of nitrogens with zero attached hydrogens (tertiary/aromatic N) is 1. The quantitative estimate of drug-likeness (QED) is 0.884. The highest BCUT2D eigenvalue weighted by atomic mass is 32.1. The van der Waals surface area contributed by atoms with Gasteiger partial charge in [0.05, 0.1) is 6.04 Å². The van der Waals surface area contributed by atoms with Crippen LogP contribution in [0.5, 0.6) is 0 Å². The maximum absolute atomic E-state index is 4.49. The molecule has 0 radical (unpaired) electrons. The number of hydrogen-bond donors (Lipinski definition) is 1. The zero-order valence-corrected chi connectivity index (χ0v) is 12.9. The molecule has 18 heavy (non-hydrogen) atoms. The van der Waals surface area contributed by atoms with E-state index in [4.69, 9.17) is 0 Å². The smallest absolute Gasteiger partial charge is 0.110 e. The summed E-state index contributed by atoms with van der Waals surface area (Å²) in [6.45, 7) is 7.15. The van der Waals surface area contributed by atoms with E-state index in [0.29, 0.717) is 11.5 Å². The van der Waals surface area contributed by atoms with Gasteiger partial charge in [-0.05, 0) is 50.0 Å². The lowest BCUT2D eigenvalue weighted by atomic mass is 9.68. The van der Waals surface area contributed by atoms with E-state index >= 15 is 0 Å². The van der Waals surface area contributed by atoms with Crippen LogP contribution in [0.3, 0.4) is 0 Å². The van der Waals surface area contributed by atoms with E-state index in [2.05, 4.69) is 43.5 Å². The van der Waals surface area contributed by atoms with Crippen molar-refractivity contribution >= 4 is 11.3 Å². The Hall–Kier alpha value is -0.410. The molecule has 1 fully saturated rings. The van der Waals surface area contributed by atoms with Gasteiger partial charge in [-0.2, -0.15) is 0 Å². The Morgan fingerprint density at radius 2 is 1.94 bits per heavy atom. The molecule has 3 heteroatoms. The van der Waals surface area contributed by atoms with E-state index in [1.165, 1.54) is 30.7 Å². The van der Waals surface area contributed by atoms with E-state index in [0.717, 1.165) is 11.8 Å². The molecule has 1 aliphatic rings. The fraction of sp³-hybridized carbons (Fsp3) is 0.800. The van der Waals surface area contributed by atoms with Crippen LogP contribution >= 0.6 is 11.3 Å². The van der Waals surface area contributed by atoms with Gasteiger partial charge in [-0.3, -0.25) is 0 Å². The molecule has 1 aromatic rings. The van der Waals surface area contributed by atoms with Crippen molar-refractivity contribution in [3.05, 3.63) is 16.6 Å². The minimum Gasteiger partial charge on any atom is -0.311 e. The van der Waals surface area contributed by atoms with Crippen molar-refractivity contribution in [2.75, 3.05) is 7.05 Å². The molecule has 2 rings (SSSR count). The molecule has 1 N–H and O–H groups in total. The molecular formula is C15H26N2S. The SMILES string of the molecule is CNC(c1nccs1)C1CCC(C(C)(C)C)CC1. The molecule has 1 aliphatic carbocycles. The first-order valence-corrected chi connectivity index (χ1v) is 7.97. The molecule has 2 nitrogen and oxygen atoms in total. The molecular weight excluding hydrogens is 240 g/mol. The second kappa shape index (κ2) is 5.70. The monoisotopic (exact) mass is 266 g/mol. The highest BCUT2D eigenvalue weighted by molar-refractivity contribution is 7.09. The highest BCUT2D eigenvalue weighted by Gasteiger charge is 2.33. The number of nitrogens with one attached hydrogen (secondary N) is 1. The van der Waals surface area contributed by atoms with Crippen LogP contribution in [0.25, 0.3) is 0 Å². The topological polar surface area (TPSA) is 24.9 Å². The Balaban J connectivity index is 1.96. The third-order valence-corrected chi connectivity index (χ3v) is 5.36. The molecule has 1 saturated carbocycles. The van der Waals surface area contributed by atoms with Crippen LogP contribution in [0.15, 0.2) is 11.6 Å². The van der Waals surface area contributed by atoms with Crippen LogP contribution in [0.2, 0.25) is 0 Å². The van der Waals surface area contributed by atoms with Crippen LogP contribution < -0.4 is 5.32 Å². The molecule has 0 bridgehead atoms. The highest BCUT2D eigenvalue weighted by Crippen LogP contribution is 2.43. The van der Waals surface area contributed by atoms with Gasteiger partial charge in [0.2, 0.25) is 0 Å². The summed E-state index contributed by atoms with van der Waals surface area (Å²) in [6.07, 6.45) is 7.35. The van der Waals surface area contributed by atoms with Crippen molar-refractivity contribution in [3.63, 3.8) is 0 Å². The van der Waals surface area contributed by atoms with E-state index in [9.17, 15) is 0 Å². The summed E-state index contributed by atoms with van der Waals surface area (Å²) in [5.74, 6) is 1.65. The zero-order valence-electron chi connectivity index (χ0n) is 12.1. The average molecular weight is 266 g/mol. The Kier molecular flexibility index (Phi) is 4.44. The van der Waals surface area contributed by atoms with E-state index in [1.807, 2.05) is 6.20 Å². The zero-order chi connectivity index (χ0) is 13.2. The third-order valence-electron chi connectivity index (χ3n) is 4.50. The Bertz CT molecular complexity index is 345. The summed E-state index contributed by atoms with van der Waals surface area (Å²) in [6, 6.07) is 0.464. The Morgan fingerprint density at radius 1 is 1.28 bits per heavy atom. The molecule has 0 aliphatic heterocycles. The lowest BCUT2D eigenvalue weighted by molar-refractivity contribution is 0.134. The summed E-state index contributed by atoms with van der Waals surface area (Å²) in [5.41, 5.74) is 0.474. The predicted molar refractivity (Wildman–Crippen MR) is 78.8 cm³/mol. The Morgan fingerprint density at radius 3 is 2.39 bits per heavy atom. The lowest BCUT2D eigenvalue weighted by Crippen LogP contribution is -2.32. The first kappa shape index (κ1) is 14.0. The molecule has 1 aromatic heterocycles. The summed E-state index contributed by atoms with van der Waals surface area (Å²) in [5, 5.41) is 6.82. The van der Waals surface area contributed by atoms with Crippen molar-refractivity contribution in [1.82, 2.24) is 10.3 Å². The first-order valence-electron chi connectivity index (χ1n) is 7.09. The molecule has 1 unspecified atom stereocenters. The molecule has 0 saturated heterocycles. The fourth-order valence-electron chi connectivity index (χ4n) is 3.27. The number of rotatable bonds is 3. The van der Waals surface area contributed by atoms with Crippen LogP contribution in [-0.2, 0) is 0 Å². The molecule has 0 aromatic carbocycles. The largest absolute Gasteiger partial charge is 0.311 e. The predicted octanol–water partition coefficient (Wildman–Crippen LogP) is 4.26. The van der Waals surface area contributed by atoms with Crippen molar-refractivity contribution in [3.8, 4) is 0 Å². The Labute approximate surface area is 115 Å². The summed E-state index contributed by atoms with van der Waals surface area (Å²) < 4.78 is 0. The maximum Gasteiger partial charge on any atom is 0.110 e. The van der Waals surface area contributed by atoms with Gasteiger partial charge < -0.3 is 5.32 Å². The maximum atomic E-state index is 4.49. The number of thiazole rings is 1. The second-order valence-electron chi connectivity index (χ2n) is 6.61. The van der Waals surface area contributed by atoms with Gasteiger partial charge in [-0.1, -0.05) is 20.8 Å². The van der Waals surface area contributed by atoms with Crippen LogP contribution in [-0.4, -0.2) is 12.0 Å². The third kappa shape index (κ3) is 3.12. The minimum absolute atomic E-state index is 0.464. The minimum atomic E-state index is 0.464. The van der Waals surface area contributed by atoms with Crippen molar-refractivity contribution < 1.29 is 0 Å². The number of aromatic nitrogens is 1. The molecule has 0 spiro atoms. The summed E-state index contributed by atoms with van der Waals surface area (Å²) in [7, 11) is 2.07. The van der Waals surface area contributed by atoms with Crippen LogP contribution in [0.4, 0.5) is 0 Å². The van der Waals surface area contributed by atoms with E-state index in [-0.39, 0.29) is 0 Å². The van der Waals surface area contributed by atoms with Crippen LogP contribution in [0.1, 0.15) is 57.5 Å². The van der Waals surface area contributed by atoms with Gasteiger partial charge in [0.25, 0.3) is 0 Å². The van der Waals surface area contributed by atoms with Crippen LogP contribution in [0, 0.1) is 17.3 Å². The van der Waals surface area contributed by atoms with Gasteiger partial charge >= 0.3 is 0 Å². The lowest BCUT2D eigenvalue weighted by Gasteiger charge is -2.39. The second-order valence-corrected chi connectivity index (χ2v) is 7.54. The van der Waals surface area contributed by atoms with E-state index < -0.39 is 0 Å². The van der Waals surface area contributed by atoms with Gasteiger partial charge in [0.1, 0.15) is 5.01 Å². The van der Waals surface area contributed by atoms with Crippen molar-refractivity contribution in [2.24, 2.45) is 17.3 Å². The first-order chi connectivity index (χ1) is 8.52. The molecule has 102 valence electrons. The number of hydrogen-bond acceptors (Lipinski definition) is 3. The standard InChI is InChI=1S/C15H26N2S/c1-15(2,3)12-7-5-11(6-8-12)13(16-4)14-17-9-10-18-14/h9-13,16H,5-8H2,1-4H3. The van der Waals surface area contributed by atoms with E-state index in [1.54, 1.807) is 11.3 Å². The van der Waals surface area contributed by atoms with Crippen molar-refractivity contribution in [1.29, 1.82) is 0 Å². The molecule has 0 amide bonds. The van der Waals surface area contributed by atoms with Gasteiger partial charge in [-0.15, -0.1) is 11.3 Å². The van der Waals surface area contributed by atoms with Gasteiger partial charge in [0, 0.05) is 11.6 Å². The molecule has 1 heterocycles. The van der Waals surface area contributed by atoms with Gasteiger partial charge in [0.15, 0.2) is 0 Å². The average Bonchev–Trinajstić information content (AvgIpc) is 2.83. The normalized spacial score (nSPS) is 27.1. The molecule has 1 atom stereocenters. The van der Waals surface area contributed by atoms with Gasteiger partial charge in [-0.25, -0.2) is 4.98 Å². The van der Waals surface area contributed by atoms with Crippen molar-refractivity contribution in [2.45, 2.75) is 52.5 Å². The summed E-state index contributed by atoms with van der Waals surface area (Å²) >= 11 is 1.78.